The van der Waals surface area contributed by atoms with Gasteiger partial charge in [-0.15, -0.1) is 6.58 Å². The topological polar surface area (TPSA) is 66.8 Å². The van der Waals surface area contributed by atoms with E-state index >= 15 is 0 Å². The number of thioether (sulfide) groups is 1. The average molecular weight is 521 g/mol. The van der Waals surface area contributed by atoms with Crippen molar-refractivity contribution in [2.75, 3.05) is 6.61 Å². The number of nitrogens with zero attached hydrogens (tertiary/aromatic N) is 1. The number of rotatable bonds is 7. The van der Waals surface area contributed by atoms with Gasteiger partial charge in [0.2, 0.25) is 0 Å². The van der Waals surface area contributed by atoms with Gasteiger partial charge in [-0.2, -0.15) is 0 Å². The molecule has 5 nitrogen and oxygen atoms in total. The molecule has 2 amide bonds. The van der Waals surface area contributed by atoms with Crippen molar-refractivity contribution < 1.29 is 19.4 Å². The summed E-state index contributed by atoms with van der Waals surface area (Å²) in [5, 5.41) is 10.0. The second-order valence-electron chi connectivity index (χ2n) is 6.35. The number of allylic oxidation sites excluding steroid dienone is 1. The lowest BCUT2D eigenvalue weighted by molar-refractivity contribution is -0.123. The number of halogens is 1. The van der Waals surface area contributed by atoms with Crippen LogP contribution in [0.1, 0.15) is 23.6 Å². The third kappa shape index (κ3) is 5.02. The van der Waals surface area contributed by atoms with Crippen molar-refractivity contribution >= 4 is 51.6 Å². The summed E-state index contributed by atoms with van der Waals surface area (Å²) in [5.41, 5.74) is 2.23. The van der Waals surface area contributed by atoms with Gasteiger partial charge in [0.1, 0.15) is 0 Å². The molecule has 1 fully saturated rings. The van der Waals surface area contributed by atoms with Gasteiger partial charge in [-0.1, -0.05) is 18.2 Å². The third-order valence-corrected chi connectivity index (χ3v) is 5.89. The van der Waals surface area contributed by atoms with Crippen molar-refractivity contribution in [3.8, 4) is 11.5 Å². The molecular formula is C22H20INO4S. The normalized spacial score (nSPS) is 15.2. The predicted octanol–water partition coefficient (Wildman–Crippen LogP) is 5.36. The van der Waals surface area contributed by atoms with Crippen LogP contribution in [0.25, 0.3) is 6.08 Å². The highest BCUT2D eigenvalue weighted by Gasteiger charge is 2.35. The molecule has 0 aliphatic carbocycles. The van der Waals surface area contributed by atoms with E-state index in [1.165, 1.54) is 4.90 Å². The molecule has 0 radical (unpaired) electrons. The Morgan fingerprint density at radius 2 is 1.97 bits per heavy atom. The summed E-state index contributed by atoms with van der Waals surface area (Å²) in [6, 6.07) is 11.1. The molecule has 1 saturated heterocycles. The lowest BCUT2D eigenvalue weighted by Crippen LogP contribution is -2.27. The lowest BCUT2D eigenvalue weighted by Gasteiger charge is -2.13. The summed E-state index contributed by atoms with van der Waals surface area (Å²) in [5.74, 6) is 0.0850. The Balaban J connectivity index is 1.88. The van der Waals surface area contributed by atoms with Crippen molar-refractivity contribution in [3.63, 3.8) is 0 Å². The Kier molecular flexibility index (Phi) is 7.02. The first-order valence-electron chi connectivity index (χ1n) is 9.02. The van der Waals surface area contributed by atoms with Gasteiger partial charge in [0.05, 0.1) is 18.1 Å². The van der Waals surface area contributed by atoms with Gasteiger partial charge in [-0.25, -0.2) is 0 Å². The molecular weight excluding hydrogens is 501 g/mol. The van der Waals surface area contributed by atoms with Gasteiger partial charge in [-0.3, -0.25) is 14.5 Å². The Hall–Kier alpha value is -2.26. The van der Waals surface area contributed by atoms with Crippen LogP contribution in [0, 0.1) is 3.57 Å². The van der Waals surface area contributed by atoms with Gasteiger partial charge in [0, 0.05) is 9.13 Å². The van der Waals surface area contributed by atoms with Crippen molar-refractivity contribution in [3.05, 3.63) is 74.2 Å². The van der Waals surface area contributed by atoms with E-state index in [4.69, 9.17) is 4.74 Å². The summed E-state index contributed by atoms with van der Waals surface area (Å²) in [7, 11) is 0. The molecule has 2 aromatic rings. The highest BCUT2D eigenvalue weighted by Crippen LogP contribution is 2.37. The molecule has 1 N–H and O–H groups in total. The van der Waals surface area contributed by atoms with E-state index in [1.54, 1.807) is 24.3 Å². The average Bonchev–Trinajstić information content (AvgIpc) is 2.95. The molecule has 1 heterocycles. The molecule has 0 bridgehead atoms. The molecule has 1 aliphatic heterocycles. The number of ether oxygens (including phenoxy) is 1. The van der Waals surface area contributed by atoms with Crippen LogP contribution in [0.2, 0.25) is 0 Å². The molecule has 1 aliphatic rings. The van der Waals surface area contributed by atoms with E-state index in [0.717, 1.165) is 20.9 Å². The number of phenols is 1. The Morgan fingerprint density at radius 1 is 1.24 bits per heavy atom. The van der Waals surface area contributed by atoms with Crippen molar-refractivity contribution in [2.24, 2.45) is 0 Å². The predicted molar refractivity (Wildman–Crippen MR) is 124 cm³/mol. The second kappa shape index (κ2) is 9.49. The Morgan fingerprint density at radius 3 is 2.62 bits per heavy atom. The van der Waals surface area contributed by atoms with Crippen LogP contribution in [-0.4, -0.2) is 27.8 Å². The first kappa shape index (κ1) is 21.4. The van der Waals surface area contributed by atoms with E-state index < -0.39 is 0 Å². The van der Waals surface area contributed by atoms with E-state index in [0.29, 0.717) is 34.8 Å². The molecule has 3 rings (SSSR count). The van der Waals surface area contributed by atoms with Crippen LogP contribution in [-0.2, 0) is 17.8 Å². The maximum atomic E-state index is 12.8. The van der Waals surface area contributed by atoms with Gasteiger partial charge in [0.25, 0.3) is 11.1 Å². The van der Waals surface area contributed by atoms with Crippen LogP contribution in [0.15, 0.2) is 54.0 Å². The summed E-state index contributed by atoms with van der Waals surface area (Å²) in [6.45, 7) is 6.17. The van der Waals surface area contributed by atoms with E-state index in [2.05, 4.69) is 29.2 Å². The minimum Gasteiger partial charge on any atom is -0.504 e. The van der Waals surface area contributed by atoms with Crippen LogP contribution in [0.3, 0.4) is 0 Å². The zero-order valence-corrected chi connectivity index (χ0v) is 18.8. The quantitative estimate of drug-likeness (QED) is 0.302. The number of carbonyl (C=O) groups excluding carboxylic acids is 2. The number of carbonyl (C=O) groups is 2. The molecule has 7 heteroatoms. The molecule has 0 saturated carbocycles. The monoisotopic (exact) mass is 521 g/mol. The molecule has 150 valence electrons. The third-order valence-electron chi connectivity index (χ3n) is 4.27. The summed E-state index contributed by atoms with van der Waals surface area (Å²) in [6.07, 6.45) is 3.80. The first-order valence-corrected chi connectivity index (χ1v) is 10.9. The summed E-state index contributed by atoms with van der Waals surface area (Å²) >= 11 is 3.12. The van der Waals surface area contributed by atoms with Gasteiger partial charge in [-0.05, 0) is 89.2 Å². The molecule has 0 aromatic heterocycles. The second-order valence-corrected chi connectivity index (χ2v) is 8.59. The SMILES string of the molecule is C=CCc1cc(/C=C2\SC(=O)N(Cc3ccc(I)cc3)C2=O)cc(OCC)c1O. The fourth-order valence-corrected chi connectivity index (χ4v) is 4.11. The largest absolute Gasteiger partial charge is 0.504 e. The minimum atomic E-state index is -0.324. The Labute approximate surface area is 187 Å². The zero-order chi connectivity index (χ0) is 21.0. The molecule has 0 unspecified atom stereocenters. The van der Waals surface area contributed by atoms with E-state index in [-0.39, 0.29) is 23.4 Å². The van der Waals surface area contributed by atoms with Crippen molar-refractivity contribution in [1.29, 1.82) is 0 Å². The van der Waals surface area contributed by atoms with Crippen LogP contribution in [0.5, 0.6) is 11.5 Å². The number of aromatic hydroxyl groups is 1. The lowest BCUT2D eigenvalue weighted by atomic mass is 10.1. The number of benzene rings is 2. The summed E-state index contributed by atoms with van der Waals surface area (Å²) < 4.78 is 6.59. The zero-order valence-electron chi connectivity index (χ0n) is 15.9. The molecule has 0 spiro atoms. The van der Waals surface area contributed by atoms with Crippen LogP contribution >= 0.6 is 34.4 Å². The fraction of sp³-hybridized carbons (Fsp3) is 0.182. The van der Waals surface area contributed by atoms with E-state index in [9.17, 15) is 14.7 Å². The molecule has 2 aromatic carbocycles. The Bertz CT molecular complexity index is 985. The van der Waals surface area contributed by atoms with Gasteiger partial charge >= 0.3 is 0 Å². The number of hydrogen-bond acceptors (Lipinski definition) is 5. The maximum Gasteiger partial charge on any atom is 0.293 e. The smallest absolute Gasteiger partial charge is 0.293 e. The highest BCUT2D eigenvalue weighted by atomic mass is 127. The van der Waals surface area contributed by atoms with Crippen LogP contribution < -0.4 is 4.74 Å². The van der Waals surface area contributed by atoms with Gasteiger partial charge < -0.3 is 9.84 Å². The molecule has 29 heavy (non-hydrogen) atoms. The van der Waals surface area contributed by atoms with Gasteiger partial charge in [0.15, 0.2) is 11.5 Å². The maximum absolute atomic E-state index is 12.8. The fourth-order valence-electron chi connectivity index (χ4n) is 2.91. The number of imide groups is 1. The summed E-state index contributed by atoms with van der Waals surface area (Å²) in [4.78, 5) is 26.8. The highest BCUT2D eigenvalue weighted by molar-refractivity contribution is 14.1. The number of hydrogen-bond donors (Lipinski definition) is 1. The van der Waals surface area contributed by atoms with Crippen LogP contribution in [0.4, 0.5) is 4.79 Å². The minimum absolute atomic E-state index is 0.0655. The van der Waals surface area contributed by atoms with Crippen molar-refractivity contribution in [1.82, 2.24) is 4.90 Å². The van der Waals surface area contributed by atoms with Crippen molar-refractivity contribution in [2.45, 2.75) is 19.9 Å². The first-order chi connectivity index (χ1) is 13.9. The number of phenolic OH excluding ortho intramolecular Hbond substituents is 1. The standard InChI is InChI=1S/C22H20INO4S/c1-3-5-16-10-15(11-18(20(16)25)28-4-2)12-19-21(26)24(22(27)29-19)13-14-6-8-17(23)9-7-14/h3,6-12,25H,1,4-5,13H2,2H3/b19-12-. The molecule has 0 atom stereocenters. The number of amides is 2. The van der Waals surface area contributed by atoms with E-state index in [1.807, 2.05) is 31.2 Å².